The summed E-state index contributed by atoms with van der Waals surface area (Å²) in [6.45, 7) is 22.0. The number of nitrogens with zero attached hydrogens (tertiary/aromatic N) is 1. The molecule has 1 aromatic rings. The standard InChI is InChI=1S/C38H62N6O7S/c1-11-13-17-27(31(45)34(47)40-20-12-2)41-33(46)30-26(24(3)4)19-21-44(30)35(48)32(38(8,9)10)43-36(49)42-29(37(5,6)7)23-39-22-25-16-14-15-18-28(25)52(50)51/h12,14-16,18,24,26-27,29-30,32,39H,2,11,13,17,19-23H2,1,3-10H3,(H,40,47)(H,41,46)(H,50,51)(H2,42,43,49)/t26-,27?,29-,30+,32-/m1/s1. The van der Waals surface area contributed by atoms with Crippen LogP contribution in [0.25, 0.3) is 0 Å². The molecule has 52 heavy (non-hydrogen) atoms. The van der Waals surface area contributed by atoms with Crippen LogP contribution in [0, 0.1) is 22.7 Å². The number of carbonyl (C=O) groups is 5. The van der Waals surface area contributed by atoms with Crippen LogP contribution >= 0.6 is 0 Å². The first-order chi connectivity index (χ1) is 24.2. The van der Waals surface area contributed by atoms with Crippen LogP contribution in [-0.2, 0) is 36.8 Å². The molecule has 13 nitrogen and oxygen atoms in total. The Balaban J connectivity index is 2.29. The van der Waals surface area contributed by atoms with E-state index in [1.54, 1.807) is 24.3 Å². The van der Waals surface area contributed by atoms with Crippen molar-refractivity contribution < 1.29 is 32.7 Å². The number of unbranched alkanes of at least 4 members (excludes halogenated alkanes) is 1. The zero-order chi connectivity index (χ0) is 39.4. The fourth-order valence-electron chi connectivity index (χ4n) is 6.33. The van der Waals surface area contributed by atoms with Crippen LogP contribution in [0.5, 0.6) is 0 Å². The summed E-state index contributed by atoms with van der Waals surface area (Å²) in [6.07, 6.45) is 3.66. The van der Waals surface area contributed by atoms with Gasteiger partial charge in [0.1, 0.15) is 12.1 Å². The van der Waals surface area contributed by atoms with Crippen LogP contribution in [0.4, 0.5) is 4.79 Å². The Morgan fingerprint density at radius 2 is 1.67 bits per heavy atom. The highest BCUT2D eigenvalue weighted by Crippen LogP contribution is 2.33. The van der Waals surface area contributed by atoms with E-state index >= 15 is 0 Å². The predicted octanol–water partition coefficient (Wildman–Crippen LogP) is 3.90. The van der Waals surface area contributed by atoms with Gasteiger partial charge in [0.25, 0.3) is 5.91 Å². The van der Waals surface area contributed by atoms with Crippen molar-refractivity contribution in [1.29, 1.82) is 0 Å². The monoisotopic (exact) mass is 746 g/mol. The maximum absolute atomic E-state index is 14.4. The summed E-state index contributed by atoms with van der Waals surface area (Å²) in [7, 11) is 0. The lowest BCUT2D eigenvalue weighted by molar-refractivity contribution is -0.144. The van der Waals surface area contributed by atoms with Crippen molar-refractivity contribution in [2.45, 2.75) is 124 Å². The van der Waals surface area contributed by atoms with E-state index in [9.17, 15) is 32.7 Å². The van der Waals surface area contributed by atoms with Crippen LogP contribution in [0.2, 0.25) is 0 Å². The smallest absolute Gasteiger partial charge is 0.315 e. The van der Waals surface area contributed by atoms with Crippen molar-refractivity contribution in [3.63, 3.8) is 0 Å². The Kier molecular flexibility index (Phi) is 17.1. The van der Waals surface area contributed by atoms with Gasteiger partial charge in [0.2, 0.25) is 17.6 Å². The molecular weight excluding hydrogens is 685 g/mol. The number of likely N-dealkylation sites (tertiary alicyclic amines) is 1. The van der Waals surface area contributed by atoms with Crippen molar-refractivity contribution in [1.82, 2.24) is 31.5 Å². The number of amides is 5. The topological polar surface area (TPSA) is 186 Å². The molecule has 1 heterocycles. The highest BCUT2D eigenvalue weighted by molar-refractivity contribution is 7.79. The van der Waals surface area contributed by atoms with Gasteiger partial charge in [0.15, 0.2) is 11.1 Å². The van der Waals surface area contributed by atoms with Crippen LogP contribution in [-0.4, -0.2) is 87.0 Å². The summed E-state index contributed by atoms with van der Waals surface area (Å²) in [5, 5.41) is 14.5. The van der Waals surface area contributed by atoms with E-state index in [2.05, 4.69) is 33.2 Å². The molecule has 0 saturated carbocycles. The molecule has 0 aromatic heterocycles. The predicted molar refractivity (Wildman–Crippen MR) is 203 cm³/mol. The first kappa shape index (κ1) is 44.5. The van der Waals surface area contributed by atoms with Crippen LogP contribution in [0.15, 0.2) is 41.8 Å². The van der Waals surface area contributed by atoms with Crippen LogP contribution in [0.3, 0.4) is 0 Å². The van der Waals surface area contributed by atoms with Crippen LogP contribution < -0.4 is 26.6 Å². The molecule has 6 N–H and O–H groups in total. The zero-order valence-corrected chi connectivity index (χ0v) is 33.3. The Hall–Kier alpha value is -3.62. The minimum absolute atomic E-state index is 0.0305. The van der Waals surface area contributed by atoms with Crippen molar-refractivity contribution in [2.24, 2.45) is 22.7 Å². The molecule has 1 fully saturated rings. The molecular formula is C38H62N6O7S. The van der Waals surface area contributed by atoms with E-state index in [1.165, 1.54) is 11.0 Å². The third kappa shape index (κ3) is 12.8. The second-order valence-electron chi connectivity index (χ2n) is 16.1. The molecule has 0 aliphatic carbocycles. The van der Waals surface area contributed by atoms with E-state index < -0.39 is 75.6 Å². The summed E-state index contributed by atoms with van der Waals surface area (Å²) in [4.78, 5) is 69.6. The molecule has 1 aromatic carbocycles. The second kappa shape index (κ2) is 20.0. The van der Waals surface area contributed by atoms with Gasteiger partial charge in [-0.25, -0.2) is 9.00 Å². The first-order valence-electron chi connectivity index (χ1n) is 18.2. The fourth-order valence-corrected chi connectivity index (χ4v) is 6.89. The Bertz CT molecular complexity index is 1440. The number of urea groups is 1. The minimum Gasteiger partial charge on any atom is -0.346 e. The van der Waals surface area contributed by atoms with E-state index in [0.29, 0.717) is 36.4 Å². The Morgan fingerprint density at radius 3 is 2.23 bits per heavy atom. The number of ketones is 1. The van der Waals surface area contributed by atoms with Gasteiger partial charge in [-0.3, -0.25) is 19.2 Å². The third-order valence-electron chi connectivity index (χ3n) is 9.53. The molecule has 2 unspecified atom stereocenters. The number of hydrogen-bond donors (Lipinski definition) is 6. The Morgan fingerprint density at radius 1 is 1.02 bits per heavy atom. The van der Waals surface area contributed by atoms with E-state index in [4.69, 9.17) is 0 Å². The summed E-state index contributed by atoms with van der Waals surface area (Å²) in [5.74, 6) is -2.65. The lowest BCUT2D eigenvalue weighted by Crippen LogP contribution is -2.62. The minimum atomic E-state index is -2.14. The maximum atomic E-state index is 14.4. The number of carbonyl (C=O) groups excluding carboxylic acids is 5. The number of hydrogen-bond acceptors (Lipinski definition) is 7. The quantitative estimate of drug-likeness (QED) is 0.0742. The normalized spacial score (nSPS) is 18.6. The second-order valence-corrected chi connectivity index (χ2v) is 17.0. The van der Waals surface area contributed by atoms with Crippen molar-refractivity contribution in [3.05, 3.63) is 42.5 Å². The zero-order valence-electron chi connectivity index (χ0n) is 32.5. The molecule has 14 heteroatoms. The van der Waals surface area contributed by atoms with Gasteiger partial charge >= 0.3 is 6.03 Å². The van der Waals surface area contributed by atoms with E-state index in [0.717, 1.165) is 6.42 Å². The van der Waals surface area contributed by atoms with Gasteiger partial charge in [-0.05, 0) is 47.1 Å². The Labute approximate surface area is 312 Å². The fraction of sp³-hybridized carbons (Fsp3) is 0.658. The van der Waals surface area contributed by atoms with Crippen molar-refractivity contribution in [3.8, 4) is 0 Å². The van der Waals surface area contributed by atoms with Gasteiger partial charge < -0.3 is 36.0 Å². The molecule has 1 aliphatic rings. The van der Waals surface area contributed by atoms with Gasteiger partial charge in [0, 0.05) is 32.2 Å². The average molecular weight is 747 g/mol. The van der Waals surface area contributed by atoms with E-state index in [1.807, 2.05) is 62.3 Å². The van der Waals surface area contributed by atoms with Crippen LogP contribution in [0.1, 0.15) is 93.6 Å². The van der Waals surface area contributed by atoms with Gasteiger partial charge in [0.05, 0.1) is 10.9 Å². The number of nitrogens with one attached hydrogen (secondary N) is 5. The molecule has 6 atom stereocenters. The summed E-state index contributed by atoms with van der Waals surface area (Å²) in [6, 6.07) is 2.94. The molecule has 292 valence electrons. The maximum Gasteiger partial charge on any atom is 0.315 e. The average Bonchev–Trinajstić information content (AvgIpc) is 3.52. The number of benzene rings is 1. The molecule has 1 saturated heterocycles. The summed E-state index contributed by atoms with van der Waals surface area (Å²) in [5.41, 5.74) is -0.477. The van der Waals surface area contributed by atoms with E-state index in [-0.39, 0.29) is 31.3 Å². The lowest BCUT2D eigenvalue weighted by atomic mass is 9.84. The van der Waals surface area contributed by atoms with Gasteiger partial charge in [-0.1, -0.05) is 99.4 Å². The molecule has 0 bridgehead atoms. The van der Waals surface area contributed by atoms with Gasteiger partial charge in [-0.15, -0.1) is 6.58 Å². The third-order valence-corrected chi connectivity index (χ3v) is 10.3. The van der Waals surface area contributed by atoms with Crippen molar-refractivity contribution >= 4 is 40.6 Å². The largest absolute Gasteiger partial charge is 0.346 e. The lowest BCUT2D eigenvalue weighted by Gasteiger charge is -2.38. The highest BCUT2D eigenvalue weighted by Gasteiger charge is 2.48. The summed E-state index contributed by atoms with van der Waals surface area (Å²) >= 11 is -2.14. The van der Waals surface area contributed by atoms with Crippen molar-refractivity contribution in [2.75, 3.05) is 19.6 Å². The molecule has 0 spiro atoms. The summed E-state index contributed by atoms with van der Waals surface area (Å²) < 4.78 is 21.4. The molecule has 2 rings (SSSR count). The highest BCUT2D eigenvalue weighted by atomic mass is 32.2. The molecule has 5 amide bonds. The molecule has 0 radical (unpaired) electrons. The first-order valence-corrected chi connectivity index (χ1v) is 19.3. The van der Waals surface area contributed by atoms with Gasteiger partial charge in [-0.2, -0.15) is 0 Å². The SMILES string of the molecule is C=CCNC(=O)C(=O)C(CCCC)NC(=O)[C@@H]1[C@@H](C(C)C)CCN1C(=O)[C@@H](NC(=O)N[C@H](CNCc1ccccc1S(=O)O)C(C)(C)C)C(C)(C)C. The number of Topliss-reactive ketones (excluding diaryl/α,β-unsaturated/α-hetero) is 1. The number of rotatable bonds is 18. The molecule has 1 aliphatic heterocycles.